The molecule has 5 rings (SSSR count). The molecule has 1 nitrogen and oxygen atoms in total. The molecule has 0 spiro atoms. The second-order valence-electron chi connectivity index (χ2n) is 11.5. The van der Waals surface area contributed by atoms with Crippen molar-refractivity contribution in [1.82, 2.24) is 0 Å². The molecular weight excluding hydrogens is 581 g/mol. The van der Waals surface area contributed by atoms with Gasteiger partial charge in [-0.1, -0.05) is 62.9 Å². The summed E-state index contributed by atoms with van der Waals surface area (Å²) < 4.78 is 107. The largest absolute Gasteiger partial charge is 0.432 e. The number of benzene rings is 4. The van der Waals surface area contributed by atoms with E-state index >= 15 is 13.2 Å². The lowest BCUT2D eigenvalue weighted by molar-refractivity contribution is -0.189. The molecule has 0 saturated heterocycles. The fourth-order valence-electron chi connectivity index (χ4n) is 6.08. The molecule has 0 aromatic heterocycles. The Hall–Kier alpha value is -3.81. The molecule has 1 fully saturated rings. The zero-order chi connectivity index (χ0) is 31.4. The molecule has 0 N–H and O–H groups in total. The minimum atomic E-state index is -4.40. The van der Waals surface area contributed by atoms with Gasteiger partial charge in [-0.05, 0) is 96.2 Å². The van der Waals surface area contributed by atoms with Crippen LogP contribution in [0.2, 0.25) is 0 Å². The maximum absolute atomic E-state index is 15.1. The lowest BCUT2D eigenvalue weighted by atomic mass is 9.77. The third-order valence-electron chi connectivity index (χ3n) is 8.52. The number of ether oxygens (including phenoxy) is 1. The van der Waals surface area contributed by atoms with Crippen molar-refractivity contribution in [1.29, 1.82) is 0 Å². The predicted molar refractivity (Wildman–Crippen MR) is 157 cm³/mol. The summed E-state index contributed by atoms with van der Waals surface area (Å²) in [5.41, 5.74) is 0.246. The highest BCUT2D eigenvalue weighted by Gasteiger charge is 2.41. The molecule has 0 aliphatic heterocycles. The first-order valence-corrected chi connectivity index (χ1v) is 15.0. The van der Waals surface area contributed by atoms with Crippen molar-refractivity contribution in [2.24, 2.45) is 5.92 Å². The zero-order valence-electron chi connectivity index (χ0n) is 24.3. The Morgan fingerprint density at radius 2 is 1.27 bits per heavy atom. The summed E-state index contributed by atoms with van der Waals surface area (Å²) in [5, 5.41) is 0. The van der Waals surface area contributed by atoms with Gasteiger partial charge in [0.2, 0.25) is 0 Å². The first-order chi connectivity index (χ1) is 21.1. The molecule has 0 unspecified atom stereocenters. The highest BCUT2D eigenvalue weighted by Crippen LogP contribution is 2.41. The van der Waals surface area contributed by atoms with Crippen molar-refractivity contribution in [2.45, 2.75) is 70.3 Å². The van der Waals surface area contributed by atoms with Gasteiger partial charge in [0.1, 0.15) is 28.8 Å². The molecular formula is C36H33F7O. The summed E-state index contributed by atoms with van der Waals surface area (Å²) in [6.07, 6.45) is 3.63. The van der Waals surface area contributed by atoms with Crippen molar-refractivity contribution < 1.29 is 35.5 Å². The Bertz CT molecular complexity index is 1570. The third kappa shape index (κ3) is 7.11. The molecule has 0 amide bonds. The molecule has 0 heterocycles. The lowest BCUT2D eigenvalue weighted by Gasteiger charge is -2.29. The van der Waals surface area contributed by atoms with Gasteiger partial charge in [0.25, 0.3) is 0 Å². The molecule has 0 radical (unpaired) electrons. The summed E-state index contributed by atoms with van der Waals surface area (Å²) in [6.45, 7) is 2.15. The molecule has 4 aromatic carbocycles. The van der Waals surface area contributed by atoms with E-state index in [0.29, 0.717) is 28.2 Å². The standard InChI is InChI=1S/C36H33F7O/c1-2-3-4-5-22-6-8-24(9-7-22)27-19-33(40)35(34(41)20-27)36(42,43)44-28-15-16-29(31(38)21-28)25-12-10-23(11-13-25)26-14-17-30(37)32(39)18-26/h10-22,24H,2-9H2,1H3. The molecule has 0 bridgehead atoms. The van der Waals surface area contributed by atoms with E-state index in [1.54, 1.807) is 12.1 Å². The number of rotatable bonds is 10. The molecule has 1 aliphatic carbocycles. The summed E-state index contributed by atoms with van der Waals surface area (Å²) in [5.74, 6) is -5.83. The van der Waals surface area contributed by atoms with Crippen LogP contribution in [0.4, 0.5) is 30.7 Å². The molecule has 232 valence electrons. The number of halogens is 7. The van der Waals surface area contributed by atoms with Gasteiger partial charge in [-0.3, -0.25) is 0 Å². The van der Waals surface area contributed by atoms with Crippen molar-refractivity contribution in [2.75, 3.05) is 0 Å². The molecule has 1 aliphatic rings. The van der Waals surface area contributed by atoms with Crippen LogP contribution in [-0.2, 0) is 6.11 Å². The molecule has 4 aromatic rings. The fraction of sp³-hybridized carbons (Fsp3) is 0.333. The third-order valence-corrected chi connectivity index (χ3v) is 8.52. The van der Waals surface area contributed by atoms with Gasteiger partial charge >= 0.3 is 6.11 Å². The predicted octanol–water partition coefficient (Wildman–Crippen LogP) is 11.7. The fourth-order valence-corrected chi connectivity index (χ4v) is 6.08. The van der Waals surface area contributed by atoms with E-state index in [0.717, 1.165) is 74.9 Å². The van der Waals surface area contributed by atoms with Crippen LogP contribution >= 0.6 is 0 Å². The van der Waals surface area contributed by atoms with Crippen molar-refractivity contribution in [3.05, 3.63) is 113 Å². The number of unbranched alkanes of at least 4 members (excludes halogenated alkanes) is 2. The van der Waals surface area contributed by atoms with Crippen LogP contribution in [0.25, 0.3) is 22.3 Å². The van der Waals surface area contributed by atoms with Crippen molar-refractivity contribution in [3.63, 3.8) is 0 Å². The smallest absolute Gasteiger partial charge is 0.429 e. The number of alkyl halides is 2. The zero-order valence-corrected chi connectivity index (χ0v) is 24.3. The van der Waals surface area contributed by atoms with E-state index < -0.39 is 46.5 Å². The Labute approximate surface area is 252 Å². The summed E-state index contributed by atoms with van der Waals surface area (Å²) in [7, 11) is 0. The Morgan fingerprint density at radius 1 is 0.636 bits per heavy atom. The van der Waals surface area contributed by atoms with Crippen LogP contribution < -0.4 is 4.74 Å². The van der Waals surface area contributed by atoms with Crippen molar-refractivity contribution >= 4 is 0 Å². The van der Waals surface area contributed by atoms with E-state index in [4.69, 9.17) is 0 Å². The Kier molecular flexibility index (Phi) is 9.66. The van der Waals surface area contributed by atoms with E-state index in [1.807, 2.05) is 0 Å². The number of hydrogen-bond donors (Lipinski definition) is 0. The highest BCUT2D eigenvalue weighted by molar-refractivity contribution is 5.71. The van der Waals surface area contributed by atoms with Crippen LogP contribution in [0.3, 0.4) is 0 Å². The molecule has 8 heteroatoms. The lowest BCUT2D eigenvalue weighted by Crippen LogP contribution is -2.26. The van der Waals surface area contributed by atoms with Crippen molar-refractivity contribution in [3.8, 4) is 28.0 Å². The maximum Gasteiger partial charge on any atom is 0.432 e. The minimum absolute atomic E-state index is 0.0549. The SMILES string of the molecule is CCCCCC1CCC(c2cc(F)c(C(F)(F)Oc3ccc(-c4ccc(-c5ccc(F)c(F)c5)cc4)c(F)c3)c(F)c2)CC1. The highest BCUT2D eigenvalue weighted by atomic mass is 19.3. The average Bonchev–Trinajstić information content (AvgIpc) is 2.98. The quantitative estimate of drug-likeness (QED) is 0.128. The van der Waals surface area contributed by atoms with Crippen LogP contribution in [0.5, 0.6) is 5.75 Å². The summed E-state index contributed by atoms with van der Waals surface area (Å²) in [6, 6.07) is 14.6. The average molecular weight is 615 g/mol. The second kappa shape index (κ2) is 13.4. The van der Waals surface area contributed by atoms with E-state index in [1.165, 1.54) is 37.1 Å². The van der Waals surface area contributed by atoms with Gasteiger partial charge in [-0.2, -0.15) is 8.78 Å². The molecule has 44 heavy (non-hydrogen) atoms. The van der Waals surface area contributed by atoms with Gasteiger partial charge in [0, 0.05) is 11.6 Å². The summed E-state index contributed by atoms with van der Waals surface area (Å²) >= 11 is 0. The Balaban J connectivity index is 1.27. The first-order valence-electron chi connectivity index (χ1n) is 15.0. The van der Waals surface area contributed by atoms with E-state index in [-0.39, 0.29) is 11.5 Å². The van der Waals surface area contributed by atoms with E-state index in [2.05, 4.69) is 11.7 Å². The normalized spacial score (nSPS) is 17.1. The van der Waals surface area contributed by atoms with Gasteiger partial charge in [0.15, 0.2) is 11.6 Å². The van der Waals surface area contributed by atoms with Crippen LogP contribution in [-0.4, -0.2) is 0 Å². The first kappa shape index (κ1) is 31.6. The van der Waals surface area contributed by atoms with E-state index in [9.17, 15) is 17.6 Å². The Morgan fingerprint density at radius 3 is 1.89 bits per heavy atom. The minimum Gasteiger partial charge on any atom is -0.429 e. The van der Waals surface area contributed by atoms with Gasteiger partial charge in [0.05, 0.1) is 0 Å². The monoisotopic (exact) mass is 614 g/mol. The topological polar surface area (TPSA) is 9.23 Å². The number of hydrogen-bond acceptors (Lipinski definition) is 1. The second-order valence-corrected chi connectivity index (χ2v) is 11.5. The van der Waals surface area contributed by atoms with Crippen LogP contribution in [0.15, 0.2) is 72.8 Å². The molecule has 0 atom stereocenters. The molecule has 1 saturated carbocycles. The van der Waals surface area contributed by atoms with Gasteiger partial charge in [-0.15, -0.1) is 0 Å². The van der Waals surface area contributed by atoms with Crippen LogP contribution in [0, 0.1) is 35.0 Å². The van der Waals surface area contributed by atoms with Crippen LogP contribution in [0.1, 0.15) is 75.3 Å². The summed E-state index contributed by atoms with van der Waals surface area (Å²) in [4.78, 5) is 0. The van der Waals surface area contributed by atoms with Gasteiger partial charge < -0.3 is 4.74 Å². The van der Waals surface area contributed by atoms with Gasteiger partial charge in [-0.25, -0.2) is 22.0 Å². The maximum atomic E-state index is 15.1.